The number of rotatable bonds is 4. The van der Waals surface area contributed by atoms with Gasteiger partial charge in [0.1, 0.15) is 16.7 Å². The van der Waals surface area contributed by atoms with E-state index < -0.39 is 12.1 Å². The Bertz CT molecular complexity index is 1170. The van der Waals surface area contributed by atoms with Crippen molar-refractivity contribution < 1.29 is 19.1 Å². The van der Waals surface area contributed by atoms with Gasteiger partial charge in [-0.15, -0.1) is 0 Å². The number of hydrogen-bond donors (Lipinski definition) is 5. The van der Waals surface area contributed by atoms with Crippen molar-refractivity contribution in [2.75, 3.05) is 24.3 Å². The maximum Gasteiger partial charge on any atom is 0.411 e. The molecule has 4 rings (SSSR count). The molecule has 1 aliphatic carbocycles. The van der Waals surface area contributed by atoms with Gasteiger partial charge in [0.15, 0.2) is 0 Å². The lowest BCUT2D eigenvalue weighted by atomic mass is 9.81. The molecule has 0 saturated heterocycles. The maximum atomic E-state index is 13.1. The van der Waals surface area contributed by atoms with Crippen LogP contribution in [0.1, 0.15) is 56.8 Å². The number of aromatic nitrogens is 2. The molecule has 2 aliphatic rings. The lowest BCUT2D eigenvalue weighted by Crippen LogP contribution is -2.36. The first-order valence-electron chi connectivity index (χ1n) is 12.6. The van der Waals surface area contributed by atoms with Crippen molar-refractivity contribution in [2.24, 2.45) is 17.6 Å². The van der Waals surface area contributed by atoms with Gasteiger partial charge in [-0.05, 0) is 69.2 Å². The topological polar surface area (TPSA) is 151 Å². The number of nitrogens with one attached hydrogen (secondary N) is 4. The summed E-state index contributed by atoms with van der Waals surface area (Å²) in [6, 6.07) is 4.61. The van der Waals surface area contributed by atoms with Crippen LogP contribution in [-0.4, -0.2) is 41.5 Å². The molecule has 10 nitrogen and oxygen atoms in total. The first-order chi connectivity index (χ1) is 17.9. The van der Waals surface area contributed by atoms with E-state index in [4.69, 9.17) is 22.3 Å². The average molecular weight is 529 g/mol. The largest absolute Gasteiger partial charge is 0.453 e. The Hall–Kier alpha value is -3.37. The highest BCUT2D eigenvalue weighted by Gasteiger charge is 2.29. The zero-order valence-corrected chi connectivity index (χ0v) is 21.6. The fourth-order valence-corrected chi connectivity index (χ4v) is 5.02. The van der Waals surface area contributed by atoms with Crippen molar-refractivity contribution in [3.8, 4) is 11.3 Å². The first kappa shape index (κ1) is 26.7. The number of amides is 3. The number of carbonyl (C=O) groups is 3. The zero-order chi connectivity index (χ0) is 26.4. The standard InChI is InChI=1S/C26H33ClN6O4/c1-37-26(36)29-17-11-12-18-20(13-17)30-21(34)6-4-2-3-5-19(24-32-22(18)23(27)33-24)31-25(35)16-9-7-15(14-28)8-10-16/h2-3,11-13,15-16,19H,4-10,14,28H2,1H3,(H,29,36)(H,30,34)(H,31,35)(H,32,33)/b3-2+/t15-,16-,19-/m0/s1. The number of methoxy groups -OCH3 is 1. The van der Waals surface area contributed by atoms with Crippen LogP contribution in [0.3, 0.4) is 0 Å². The van der Waals surface area contributed by atoms with Crippen molar-refractivity contribution in [3.05, 3.63) is 41.3 Å². The van der Waals surface area contributed by atoms with Crippen LogP contribution in [0.15, 0.2) is 30.4 Å². The summed E-state index contributed by atoms with van der Waals surface area (Å²) >= 11 is 6.58. The fraction of sp³-hybridized carbons (Fsp3) is 0.462. The summed E-state index contributed by atoms with van der Waals surface area (Å²) in [5.41, 5.74) is 7.70. The minimum Gasteiger partial charge on any atom is -0.453 e. The fourth-order valence-electron chi connectivity index (χ4n) is 4.78. The molecular formula is C26H33ClN6O4. The number of carbonyl (C=O) groups excluding carboxylic acids is 3. The van der Waals surface area contributed by atoms with E-state index in [1.165, 1.54) is 7.11 Å². The van der Waals surface area contributed by atoms with Crippen molar-refractivity contribution in [1.82, 2.24) is 15.3 Å². The molecule has 2 heterocycles. The van der Waals surface area contributed by atoms with E-state index in [0.717, 1.165) is 25.7 Å². The number of fused-ring (bicyclic) bond motifs is 4. The second-order valence-electron chi connectivity index (χ2n) is 9.47. The monoisotopic (exact) mass is 528 g/mol. The van der Waals surface area contributed by atoms with Gasteiger partial charge in [0.25, 0.3) is 0 Å². The van der Waals surface area contributed by atoms with E-state index in [1.807, 2.05) is 12.2 Å². The Labute approximate surface area is 220 Å². The van der Waals surface area contributed by atoms with Crippen LogP contribution in [0.5, 0.6) is 0 Å². The quantitative estimate of drug-likeness (QED) is 0.368. The molecule has 1 aromatic carbocycles. The number of anilines is 2. The molecule has 1 aromatic heterocycles. The highest BCUT2D eigenvalue weighted by atomic mass is 35.5. The number of benzene rings is 1. The first-order valence-corrected chi connectivity index (χ1v) is 13.0. The number of imidazole rings is 1. The molecule has 0 radical (unpaired) electrons. The Balaban J connectivity index is 1.63. The third kappa shape index (κ3) is 6.69. The van der Waals surface area contributed by atoms with Crippen LogP contribution < -0.4 is 21.7 Å². The van der Waals surface area contributed by atoms with Gasteiger partial charge in [-0.25, -0.2) is 9.78 Å². The summed E-state index contributed by atoms with van der Waals surface area (Å²) in [4.78, 5) is 45.3. The Morgan fingerprint density at radius 2 is 2.00 bits per heavy atom. The van der Waals surface area contributed by atoms with E-state index in [0.29, 0.717) is 53.8 Å². The molecule has 37 heavy (non-hydrogen) atoms. The Morgan fingerprint density at radius 3 is 2.73 bits per heavy atom. The summed E-state index contributed by atoms with van der Waals surface area (Å²) in [5, 5.41) is 8.93. The third-order valence-corrected chi connectivity index (χ3v) is 7.21. The van der Waals surface area contributed by atoms with Gasteiger partial charge in [-0.2, -0.15) is 0 Å². The molecule has 1 atom stereocenters. The molecule has 3 amide bonds. The van der Waals surface area contributed by atoms with Crippen LogP contribution in [0.2, 0.25) is 5.15 Å². The highest BCUT2D eigenvalue weighted by Crippen LogP contribution is 2.36. The average Bonchev–Trinajstić information content (AvgIpc) is 3.28. The van der Waals surface area contributed by atoms with E-state index in [2.05, 4.69) is 25.7 Å². The Kier molecular flexibility index (Phi) is 8.83. The van der Waals surface area contributed by atoms with Gasteiger partial charge in [0.05, 0.1) is 18.8 Å². The van der Waals surface area contributed by atoms with Crippen LogP contribution >= 0.6 is 11.6 Å². The van der Waals surface area contributed by atoms with Gasteiger partial charge < -0.3 is 26.1 Å². The van der Waals surface area contributed by atoms with Crippen molar-refractivity contribution in [2.45, 2.75) is 51.0 Å². The third-order valence-electron chi connectivity index (χ3n) is 6.93. The van der Waals surface area contributed by atoms with Crippen LogP contribution in [-0.2, 0) is 14.3 Å². The summed E-state index contributed by atoms with van der Waals surface area (Å²) < 4.78 is 4.66. The number of hydrogen-bond acceptors (Lipinski definition) is 6. The molecule has 2 bridgehead atoms. The van der Waals surface area contributed by atoms with E-state index >= 15 is 0 Å². The second-order valence-corrected chi connectivity index (χ2v) is 9.85. The molecule has 2 aromatic rings. The van der Waals surface area contributed by atoms with Gasteiger partial charge in [0.2, 0.25) is 11.8 Å². The number of halogens is 1. The lowest BCUT2D eigenvalue weighted by Gasteiger charge is -2.28. The van der Waals surface area contributed by atoms with E-state index in [1.54, 1.807) is 18.2 Å². The zero-order valence-electron chi connectivity index (χ0n) is 20.8. The van der Waals surface area contributed by atoms with E-state index in [-0.39, 0.29) is 29.3 Å². The minimum atomic E-state index is -0.628. The summed E-state index contributed by atoms with van der Waals surface area (Å²) in [6.45, 7) is 0.661. The predicted molar refractivity (Wildman–Crippen MR) is 142 cm³/mol. The van der Waals surface area contributed by atoms with Crippen LogP contribution in [0, 0.1) is 11.8 Å². The predicted octanol–water partition coefficient (Wildman–Crippen LogP) is 4.51. The number of ether oxygens (including phenoxy) is 1. The van der Waals surface area contributed by atoms with Crippen molar-refractivity contribution >= 4 is 40.9 Å². The number of H-pyrrole nitrogens is 1. The van der Waals surface area contributed by atoms with Crippen LogP contribution in [0.4, 0.5) is 16.2 Å². The molecule has 198 valence electrons. The molecule has 1 fully saturated rings. The minimum absolute atomic E-state index is 0.00281. The van der Waals surface area contributed by atoms with E-state index in [9.17, 15) is 14.4 Å². The summed E-state index contributed by atoms with van der Waals surface area (Å²) in [6.07, 6.45) is 8.11. The SMILES string of the molecule is COC(=O)Nc1ccc2c(c1)NC(=O)CC/C=C/C[C@H](NC(=O)[C@H]1CC[C@H](CN)CC1)c1nc-2c(Cl)[nH]1. The smallest absolute Gasteiger partial charge is 0.411 e. The number of aromatic amines is 1. The Morgan fingerprint density at radius 1 is 1.22 bits per heavy atom. The van der Waals surface area contributed by atoms with Gasteiger partial charge in [0, 0.05) is 23.6 Å². The van der Waals surface area contributed by atoms with Crippen molar-refractivity contribution in [3.63, 3.8) is 0 Å². The lowest BCUT2D eigenvalue weighted by molar-refractivity contribution is -0.127. The highest BCUT2D eigenvalue weighted by molar-refractivity contribution is 6.32. The van der Waals surface area contributed by atoms with Crippen LogP contribution in [0.25, 0.3) is 11.3 Å². The van der Waals surface area contributed by atoms with Gasteiger partial charge in [-0.1, -0.05) is 23.8 Å². The molecule has 0 unspecified atom stereocenters. The molecular weight excluding hydrogens is 496 g/mol. The summed E-state index contributed by atoms with van der Waals surface area (Å²) in [5.74, 6) is 0.781. The molecule has 6 N–H and O–H groups in total. The van der Waals surface area contributed by atoms with Gasteiger partial charge >= 0.3 is 6.09 Å². The number of nitrogens with two attached hydrogens (primary N) is 1. The summed E-state index contributed by atoms with van der Waals surface area (Å²) in [7, 11) is 1.27. The van der Waals surface area contributed by atoms with Crippen molar-refractivity contribution in [1.29, 1.82) is 0 Å². The van der Waals surface area contributed by atoms with Gasteiger partial charge in [-0.3, -0.25) is 14.9 Å². The molecule has 0 spiro atoms. The maximum absolute atomic E-state index is 13.1. The number of allylic oxidation sites excluding steroid dienone is 1. The molecule has 1 saturated carbocycles. The molecule has 11 heteroatoms. The second kappa shape index (κ2) is 12.2. The number of nitrogens with zero attached hydrogens (tertiary/aromatic N) is 1. The molecule has 1 aliphatic heterocycles. The normalized spacial score (nSPS) is 22.8.